The molecule has 34 heavy (non-hydrogen) atoms. The van der Waals surface area contributed by atoms with Gasteiger partial charge in [0.25, 0.3) is 5.91 Å². The molecule has 1 aliphatic heterocycles. The lowest BCUT2D eigenvalue weighted by molar-refractivity contribution is -0.140. The van der Waals surface area contributed by atoms with Crippen LogP contribution >= 0.6 is 11.3 Å². The van der Waals surface area contributed by atoms with Crippen LogP contribution in [0.15, 0.2) is 35.7 Å². The number of thiazole rings is 1. The summed E-state index contributed by atoms with van der Waals surface area (Å²) in [6.45, 7) is 5.95. The molecule has 0 aliphatic carbocycles. The Balaban J connectivity index is 1.40. The van der Waals surface area contributed by atoms with Crippen molar-refractivity contribution in [2.45, 2.75) is 26.6 Å². The zero-order chi connectivity index (χ0) is 24.5. The first kappa shape index (κ1) is 23.7. The monoisotopic (exact) mass is 492 g/mol. The highest BCUT2D eigenvalue weighted by Gasteiger charge is 2.34. The third-order valence-electron chi connectivity index (χ3n) is 5.53. The number of nitrogens with zero attached hydrogens (tertiary/aromatic N) is 5. The predicted octanol–water partition coefficient (Wildman–Crippen LogP) is 3.58. The van der Waals surface area contributed by atoms with Gasteiger partial charge in [0.2, 0.25) is 5.91 Å². The molecule has 0 unspecified atom stereocenters. The molecule has 1 saturated heterocycles. The number of carbonyl (C=O) groups is 2. The van der Waals surface area contributed by atoms with Crippen LogP contribution in [0.1, 0.15) is 27.4 Å². The fourth-order valence-corrected chi connectivity index (χ4v) is 4.54. The first-order valence-corrected chi connectivity index (χ1v) is 11.5. The smallest absolute Gasteiger partial charge is 0.367 e. The Morgan fingerprint density at radius 3 is 2.44 bits per heavy atom. The summed E-state index contributed by atoms with van der Waals surface area (Å²) >= 11 is 0.720. The van der Waals surface area contributed by atoms with E-state index in [9.17, 15) is 22.8 Å². The number of benzene rings is 1. The van der Waals surface area contributed by atoms with Gasteiger partial charge in [-0.05, 0) is 32.0 Å². The highest BCUT2D eigenvalue weighted by molar-refractivity contribution is 7.14. The minimum Gasteiger partial charge on any atom is -0.367 e. The summed E-state index contributed by atoms with van der Waals surface area (Å²) in [6, 6.07) is 8.80. The fourth-order valence-electron chi connectivity index (χ4n) is 3.83. The first-order chi connectivity index (χ1) is 16.1. The van der Waals surface area contributed by atoms with E-state index in [1.807, 2.05) is 24.8 Å². The highest BCUT2D eigenvalue weighted by atomic mass is 32.1. The molecule has 2 aromatic heterocycles. The number of rotatable bonds is 5. The van der Waals surface area contributed by atoms with Crippen LogP contribution in [-0.2, 0) is 17.5 Å². The molecule has 3 heterocycles. The van der Waals surface area contributed by atoms with Crippen LogP contribution in [0.25, 0.3) is 0 Å². The van der Waals surface area contributed by atoms with E-state index in [4.69, 9.17) is 0 Å². The Bertz CT molecular complexity index is 1200. The second kappa shape index (κ2) is 9.45. The van der Waals surface area contributed by atoms with Crippen LogP contribution in [0.5, 0.6) is 0 Å². The number of para-hydroxylation sites is 1. The van der Waals surface area contributed by atoms with Gasteiger partial charge in [0.15, 0.2) is 10.8 Å². The van der Waals surface area contributed by atoms with Crippen molar-refractivity contribution in [1.82, 2.24) is 19.7 Å². The standard InChI is InChI=1S/C22H23F3N6O2S/c1-14-11-15(2)31(28-14)12-19(32)30-9-7-29(8-10-30)17-6-4-3-5-16(17)20(33)27-21-26-18(13-34-21)22(23,24)25/h3-6,11,13H,7-10,12H2,1-2H3,(H,26,27,33). The number of alkyl halides is 3. The molecule has 1 aromatic carbocycles. The number of aromatic nitrogens is 3. The molecule has 0 radical (unpaired) electrons. The minimum absolute atomic E-state index is 0.0267. The summed E-state index contributed by atoms with van der Waals surface area (Å²) in [5.74, 6) is -0.567. The molecule has 4 rings (SSSR count). The van der Waals surface area contributed by atoms with Crippen LogP contribution in [0.3, 0.4) is 0 Å². The summed E-state index contributed by atoms with van der Waals surface area (Å²) in [7, 11) is 0. The second-order valence-electron chi connectivity index (χ2n) is 7.96. The number of aryl methyl sites for hydroxylation is 2. The predicted molar refractivity (Wildman–Crippen MR) is 122 cm³/mol. The van der Waals surface area contributed by atoms with Gasteiger partial charge in [0, 0.05) is 42.9 Å². The van der Waals surface area contributed by atoms with Gasteiger partial charge in [0.05, 0.1) is 11.3 Å². The maximum Gasteiger partial charge on any atom is 0.434 e. The van der Waals surface area contributed by atoms with Crippen LogP contribution in [0.2, 0.25) is 0 Å². The van der Waals surface area contributed by atoms with Crippen molar-refractivity contribution < 1.29 is 22.8 Å². The first-order valence-electron chi connectivity index (χ1n) is 10.6. The summed E-state index contributed by atoms with van der Waals surface area (Å²) in [5.41, 5.74) is 1.72. The van der Waals surface area contributed by atoms with E-state index in [-0.39, 0.29) is 17.6 Å². The quantitative estimate of drug-likeness (QED) is 0.589. The van der Waals surface area contributed by atoms with Crippen molar-refractivity contribution >= 4 is 34.0 Å². The fraction of sp³-hybridized carbons (Fsp3) is 0.364. The summed E-state index contributed by atoms with van der Waals surface area (Å²) in [5, 5.41) is 7.54. The Morgan fingerprint density at radius 1 is 1.12 bits per heavy atom. The van der Waals surface area contributed by atoms with E-state index in [1.165, 1.54) is 0 Å². The van der Waals surface area contributed by atoms with Crippen molar-refractivity contribution in [3.05, 3.63) is 58.4 Å². The van der Waals surface area contributed by atoms with Gasteiger partial charge >= 0.3 is 6.18 Å². The maximum absolute atomic E-state index is 12.8. The number of anilines is 2. The molecule has 1 N–H and O–H groups in total. The normalized spacial score (nSPS) is 14.4. The molecule has 0 spiro atoms. The van der Waals surface area contributed by atoms with Gasteiger partial charge in [-0.2, -0.15) is 18.3 Å². The third-order valence-corrected chi connectivity index (χ3v) is 6.28. The average molecular weight is 493 g/mol. The number of hydrogen-bond acceptors (Lipinski definition) is 6. The van der Waals surface area contributed by atoms with Crippen LogP contribution in [-0.4, -0.2) is 57.7 Å². The number of piperazine rings is 1. The molecule has 12 heteroatoms. The molecule has 1 aliphatic rings. The summed E-state index contributed by atoms with van der Waals surface area (Å²) in [6.07, 6.45) is -4.57. The molecular weight excluding hydrogens is 469 g/mol. The van der Waals surface area contributed by atoms with E-state index < -0.39 is 17.8 Å². The number of amides is 2. The topological polar surface area (TPSA) is 83.4 Å². The average Bonchev–Trinajstić information content (AvgIpc) is 3.39. The van der Waals surface area contributed by atoms with Gasteiger partial charge in [-0.15, -0.1) is 11.3 Å². The lowest BCUT2D eigenvalue weighted by Gasteiger charge is -2.36. The molecule has 3 aromatic rings. The number of hydrogen-bond donors (Lipinski definition) is 1. The van der Waals surface area contributed by atoms with Crippen LogP contribution < -0.4 is 10.2 Å². The highest BCUT2D eigenvalue weighted by Crippen LogP contribution is 2.32. The van der Waals surface area contributed by atoms with Crippen molar-refractivity contribution in [3.8, 4) is 0 Å². The van der Waals surface area contributed by atoms with Crippen LogP contribution in [0.4, 0.5) is 24.0 Å². The van der Waals surface area contributed by atoms with Crippen molar-refractivity contribution in [2.24, 2.45) is 0 Å². The van der Waals surface area contributed by atoms with Gasteiger partial charge in [-0.1, -0.05) is 12.1 Å². The van der Waals surface area contributed by atoms with E-state index >= 15 is 0 Å². The maximum atomic E-state index is 12.8. The van der Waals surface area contributed by atoms with E-state index in [1.54, 1.807) is 33.8 Å². The van der Waals surface area contributed by atoms with Gasteiger partial charge < -0.3 is 9.80 Å². The molecule has 180 valence electrons. The van der Waals surface area contributed by atoms with E-state index in [0.717, 1.165) is 28.1 Å². The lowest BCUT2D eigenvalue weighted by Crippen LogP contribution is -2.50. The Kier molecular flexibility index (Phi) is 6.60. The van der Waals surface area contributed by atoms with E-state index in [0.29, 0.717) is 37.4 Å². The van der Waals surface area contributed by atoms with Gasteiger partial charge in [-0.25, -0.2) is 4.98 Å². The Labute approximate surface area is 198 Å². The molecular formula is C22H23F3N6O2S. The van der Waals surface area contributed by atoms with Crippen molar-refractivity contribution in [3.63, 3.8) is 0 Å². The van der Waals surface area contributed by atoms with Crippen molar-refractivity contribution in [1.29, 1.82) is 0 Å². The SMILES string of the molecule is Cc1cc(C)n(CC(=O)N2CCN(c3ccccc3C(=O)Nc3nc(C(F)(F)F)cs3)CC2)n1. The Morgan fingerprint density at radius 2 is 1.82 bits per heavy atom. The number of nitrogens with one attached hydrogen (secondary N) is 1. The zero-order valence-corrected chi connectivity index (χ0v) is 19.4. The van der Waals surface area contributed by atoms with Gasteiger partial charge in [0.1, 0.15) is 6.54 Å². The third kappa shape index (κ3) is 5.22. The molecule has 0 saturated carbocycles. The zero-order valence-electron chi connectivity index (χ0n) is 18.6. The van der Waals surface area contributed by atoms with Crippen molar-refractivity contribution in [2.75, 3.05) is 36.4 Å². The molecule has 2 amide bonds. The molecule has 0 atom stereocenters. The molecule has 1 fully saturated rings. The second-order valence-corrected chi connectivity index (χ2v) is 8.82. The van der Waals surface area contributed by atoms with E-state index in [2.05, 4.69) is 15.4 Å². The van der Waals surface area contributed by atoms with Crippen LogP contribution in [0, 0.1) is 13.8 Å². The van der Waals surface area contributed by atoms with Gasteiger partial charge in [-0.3, -0.25) is 19.6 Å². The molecule has 0 bridgehead atoms. The Hall–Kier alpha value is -3.41. The largest absolute Gasteiger partial charge is 0.434 e. The summed E-state index contributed by atoms with van der Waals surface area (Å²) in [4.78, 5) is 32.8. The summed E-state index contributed by atoms with van der Waals surface area (Å²) < 4.78 is 40.1. The molecule has 8 nitrogen and oxygen atoms in total. The lowest BCUT2D eigenvalue weighted by atomic mass is 10.1. The number of halogens is 3. The minimum atomic E-state index is -4.57. The number of carbonyl (C=O) groups excluding carboxylic acids is 2.